The maximum Gasteiger partial charge on any atom is 0.268 e. The Hall–Kier alpha value is -1.98. The zero-order valence-electron chi connectivity index (χ0n) is 5.89. The lowest BCUT2D eigenvalue weighted by Crippen LogP contribution is -2.20. The summed E-state index contributed by atoms with van der Waals surface area (Å²) in [7, 11) is 0. The maximum atomic E-state index is 10.7. The van der Waals surface area contributed by atoms with Crippen LogP contribution >= 0.6 is 0 Å². The van der Waals surface area contributed by atoms with Gasteiger partial charge in [0.2, 0.25) is 5.43 Å². The molecule has 0 radical (unpaired) electrons. The lowest BCUT2D eigenvalue weighted by atomic mass is 10.3. The van der Waals surface area contributed by atoms with Gasteiger partial charge in [0.05, 0.1) is 6.20 Å². The average molecular weight is 170 g/mol. The number of nitrogens with zero attached hydrogens (tertiary/aromatic N) is 1. The zero-order chi connectivity index (χ0) is 9.30. The highest BCUT2D eigenvalue weighted by Gasteiger charge is 2.08. The minimum Gasteiger partial charge on any atom is -0.503 e. The molecule has 0 spiro atoms. The first-order valence-corrected chi connectivity index (χ1v) is 2.97. The standard InChI is InChI=1S/C6H6N2O4/c7-6(11)3-1-4(9)5(10)2-8(3)12/h1-2,10,12H,(H2,7,11). The molecule has 0 saturated heterocycles. The van der Waals surface area contributed by atoms with E-state index in [2.05, 4.69) is 0 Å². The van der Waals surface area contributed by atoms with Gasteiger partial charge in [0, 0.05) is 6.07 Å². The Kier molecular flexibility index (Phi) is 1.74. The van der Waals surface area contributed by atoms with Gasteiger partial charge >= 0.3 is 0 Å². The van der Waals surface area contributed by atoms with Crippen LogP contribution in [-0.2, 0) is 0 Å². The predicted molar refractivity (Wildman–Crippen MR) is 38.1 cm³/mol. The molecule has 0 bridgehead atoms. The molecule has 6 heteroatoms. The normalized spacial score (nSPS) is 9.67. The van der Waals surface area contributed by atoms with Crippen molar-refractivity contribution in [2.45, 2.75) is 0 Å². The number of aromatic nitrogens is 1. The summed E-state index contributed by atoms with van der Waals surface area (Å²) in [5, 5.41) is 17.7. The van der Waals surface area contributed by atoms with Crippen LogP contribution < -0.4 is 11.2 Å². The molecule has 0 fully saturated rings. The number of hydrogen-bond acceptors (Lipinski definition) is 4. The highest BCUT2D eigenvalue weighted by Crippen LogP contribution is 2.01. The van der Waals surface area contributed by atoms with Gasteiger partial charge in [-0.1, -0.05) is 0 Å². The molecule has 1 aromatic heterocycles. The molecule has 1 rings (SSSR count). The van der Waals surface area contributed by atoms with E-state index in [9.17, 15) is 9.59 Å². The van der Waals surface area contributed by atoms with Crippen LogP contribution in [0, 0.1) is 0 Å². The predicted octanol–water partition coefficient (Wildman–Crippen LogP) is -1.11. The van der Waals surface area contributed by atoms with Crippen LogP contribution in [0.25, 0.3) is 0 Å². The number of carbonyl (C=O) groups excluding carboxylic acids is 1. The van der Waals surface area contributed by atoms with Gasteiger partial charge in [-0.15, -0.1) is 0 Å². The second-order valence-electron chi connectivity index (χ2n) is 2.12. The Labute approximate surface area is 66.4 Å². The zero-order valence-corrected chi connectivity index (χ0v) is 5.89. The molecule has 4 N–H and O–H groups in total. The second kappa shape index (κ2) is 2.57. The Morgan fingerprint density at radius 1 is 1.58 bits per heavy atom. The summed E-state index contributed by atoms with van der Waals surface area (Å²) >= 11 is 0. The van der Waals surface area contributed by atoms with Crippen LogP contribution in [0.4, 0.5) is 0 Å². The van der Waals surface area contributed by atoms with E-state index in [-0.39, 0.29) is 5.69 Å². The first-order chi connectivity index (χ1) is 5.52. The van der Waals surface area contributed by atoms with E-state index in [1.165, 1.54) is 0 Å². The topological polar surface area (TPSA) is 106 Å². The quantitative estimate of drug-likeness (QED) is 0.464. The maximum absolute atomic E-state index is 10.7. The van der Waals surface area contributed by atoms with Gasteiger partial charge in [-0.2, -0.15) is 4.73 Å². The van der Waals surface area contributed by atoms with Gasteiger partial charge in [-0.3, -0.25) is 9.59 Å². The fourth-order valence-corrected chi connectivity index (χ4v) is 0.697. The third-order valence-electron chi connectivity index (χ3n) is 1.26. The molecule has 12 heavy (non-hydrogen) atoms. The van der Waals surface area contributed by atoms with Crippen molar-refractivity contribution in [2.24, 2.45) is 5.73 Å². The van der Waals surface area contributed by atoms with Gasteiger partial charge < -0.3 is 16.0 Å². The summed E-state index contributed by atoms with van der Waals surface area (Å²) in [6, 6.07) is 0.748. The summed E-state index contributed by atoms with van der Waals surface area (Å²) in [6.45, 7) is 0. The highest BCUT2D eigenvalue weighted by molar-refractivity contribution is 5.90. The molecule has 0 aliphatic heterocycles. The van der Waals surface area contributed by atoms with Crippen molar-refractivity contribution < 1.29 is 15.1 Å². The summed E-state index contributed by atoms with van der Waals surface area (Å²) in [5.74, 6) is -1.60. The van der Waals surface area contributed by atoms with Crippen LogP contribution in [0.1, 0.15) is 10.5 Å². The molecular formula is C6H6N2O4. The van der Waals surface area contributed by atoms with Crippen molar-refractivity contribution in [1.82, 2.24) is 4.73 Å². The van der Waals surface area contributed by atoms with Gasteiger partial charge in [-0.25, -0.2) is 0 Å². The Morgan fingerprint density at radius 2 is 2.17 bits per heavy atom. The number of primary amides is 1. The largest absolute Gasteiger partial charge is 0.503 e. The van der Waals surface area contributed by atoms with Gasteiger partial charge in [0.1, 0.15) is 5.69 Å². The summed E-state index contributed by atoms with van der Waals surface area (Å²) in [6.07, 6.45) is 0.697. The summed E-state index contributed by atoms with van der Waals surface area (Å²) in [5.41, 5.74) is 3.65. The number of pyridine rings is 1. The van der Waals surface area contributed by atoms with Crippen LogP contribution in [0.5, 0.6) is 5.75 Å². The molecule has 64 valence electrons. The molecule has 0 unspecified atom stereocenters. The van der Waals surface area contributed by atoms with Crippen molar-refractivity contribution in [3.05, 3.63) is 28.2 Å². The van der Waals surface area contributed by atoms with Crippen molar-refractivity contribution in [2.75, 3.05) is 0 Å². The molecule has 0 aromatic carbocycles. The molecule has 6 nitrogen and oxygen atoms in total. The van der Waals surface area contributed by atoms with Crippen LogP contribution in [0.3, 0.4) is 0 Å². The highest BCUT2D eigenvalue weighted by atomic mass is 16.5. The number of nitrogens with two attached hydrogens (primary N) is 1. The third kappa shape index (κ3) is 1.22. The smallest absolute Gasteiger partial charge is 0.268 e. The first-order valence-electron chi connectivity index (χ1n) is 2.97. The fraction of sp³-hybridized carbons (Fsp3) is 0. The first kappa shape index (κ1) is 8.12. The third-order valence-corrected chi connectivity index (χ3v) is 1.26. The van der Waals surface area contributed by atoms with E-state index in [0.717, 1.165) is 6.07 Å². The van der Waals surface area contributed by atoms with E-state index in [4.69, 9.17) is 16.0 Å². The number of amides is 1. The lowest BCUT2D eigenvalue weighted by molar-refractivity contribution is 0.0944. The molecule has 0 aliphatic carbocycles. The van der Waals surface area contributed by atoms with Crippen molar-refractivity contribution in [1.29, 1.82) is 0 Å². The Morgan fingerprint density at radius 3 is 2.67 bits per heavy atom. The average Bonchev–Trinajstić information content (AvgIpc) is 1.96. The minimum atomic E-state index is -0.949. The van der Waals surface area contributed by atoms with Crippen molar-refractivity contribution in [3.8, 4) is 5.75 Å². The van der Waals surface area contributed by atoms with Crippen molar-refractivity contribution in [3.63, 3.8) is 0 Å². The monoisotopic (exact) mass is 170 g/mol. The van der Waals surface area contributed by atoms with Crippen LogP contribution in [0.2, 0.25) is 0 Å². The number of rotatable bonds is 1. The molecule has 0 saturated carbocycles. The van der Waals surface area contributed by atoms with Crippen LogP contribution in [-0.4, -0.2) is 21.0 Å². The molecule has 1 aromatic rings. The number of aromatic hydroxyl groups is 1. The SMILES string of the molecule is NC(=O)c1cc(=O)c(O)cn1O. The Bertz CT molecular complexity index is 382. The number of carbonyl (C=O) groups is 1. The second-order valence-corrected chi connectivity index (χ2v) is 2.12. The van der Waals surface area contributed by atoms with E-state index >= 15 is 0 Å². The van der Waals surface area contributed by atoms with E-state index in [0.29, 0.717) is 10.9 Å². The van der Waals surface area contributed by atoms with Gasteiger partial charge in [-0.05, 0) is 0 Å². The number of hydrogen-bond donors (Lipinski definition) is 3. The van der Waals surface area contributed by atoms with E-state index < -0.39 is 17.1 Å². The van der Waals surface area contributed by atoms with E-state index in [1.54, 1.807) is 0 Å². The molecule has 0 atom stereocenters. The van der Waals surface area contributed by atoms with Crippen LogP contribution in [0.15, 0.2) is 17.1 Å². The molecule has 1 amide bonds. The summed E-state index contributed by atoms with van der Waals surface area (Å²) < 4.78 is 0.291. The Balaban J connectivity index is 3.43. The summed E-state index contributed by atoms with van der Waals surface area (Å²) in [4.78, 5) is 21.2. The van der Waals surface area contributed by atoms with Crippen molar-refractivity contribution >= 4 is 5.91 Å². The van der Waals surface area contributed by atoms with Gasteiger partial charge in [0.15, 0.2) is 5.75 Å². The molecular weight excluding hydrogens is 164 g/mol. The fourth-order valence-electron chi connectivity index (χ4n) is 0.697. The van der Waals surface area contributed by atoms with E-state index in [1.807, 2.05) is 0 Å². The molecule has 1 heterocycles. The molecule has 0 aliphatic rings. The van der Waals surface area contributed by atoms with Gasteiger partial charge in [0.25, 0.3) is 5.91 Å². The minimum absolute atomic E-state index is 0.291. The lowest BCUT2D eigenvalue weighted by Gasteiger charge is -2.01.